The van der Waals surface area contributed by atoms with Crippen LogP contribution in [0.4, 0.5) is 0 Å². The Bertz CT molecular complexity index is 220. The number of hydrogen-bond acceptors (Lipinski definition) is 1. The van der Waals surface area contributed by atoms with Gasteiger partial charge in [-0.15, -0.1) is 0 Å². The average molecular weight is 297 g/mol. The van der Waals surface area contributed by atoms with Crippen molar-refractivity contribution in [1.29, 1.82) is 0 Å². The Hall–Kier alpha value is -0.300. The molecule has 0 aromatic carbocycles. The molecule has 0 fully saturated rings. The van der Waals surface area contributed by atoms with Crippen LogP contribution in [0, 0.1) is 5.92 Å². The van der Waals surface area contributed by atoms with Crippen LogP contribution in [0.3, 0.4) is 0 Å². The van der Waals surface area contributed by atoms with Crippen LogP contribution in [0.25, 0.3) is 0 Å². The van der Waals surface area contributed by atoms with E-state index in [0.29, 0.717) is 0 Å². The van der Waals surface area contributed by atoms with E-state index in [1.54, 1.807) is 0 Å². The molecule has 0 rings (SSSR count). The Morgan fingerprint density at radius 2 is 1.38 bits per heavy atom. The SMILES string of the molecule is CCCCCCC(O)C/C=C\CCCCCCCC(C)C. The summed E-state index contributed by atoms with van der Waals surface area (Å²) in [5, 5.41) is 9.84. The minimum absolute atomic E-state index is 0.117. The van der Waals surface area contributed by atoms with Crippen LogP contribution < -0.4 is 0 Å². The molecule has 0 saturated carbocycles. The fraction of sp³-hybridized carbons (Fsp3) is 0.900. The standard InChI is InChI=1S/C20H40O/c1-4-5-6-14-17-20(21)18-15-12-10-8-7-9-11-13-16-19(2)3/h12,15,19-21H,4-11,13-14,16-18H2,1-3H3/b15-12-. The molecule has 1 heteroatoms. The van der Waals surface area contributed by atoms with Crippen molar-refractivity contribution in [2.75, 3.05) is 0 Å². The van der Waals surface area contributed by atoms with Gasteiger partial charge >= 0.3 is 0 Å². The van der Waals surface area contributed by atoms with Gasteiger partial charge in [-0.3, -0.25) is 0 Å². The third kappa shape index (κ3) is 17.6. The predicted molar refractivity (Wildman–Crippen MR) is 95.7 cm³/mol. The lowest BCUT2D eigenvalue weighted by Crippen LogP contribution is -2.04. The van der Waals surface area contributed by atoms with E-state index in [9.17, 15) is 5.11 Å². The average Bonchev–Trinajstić information content (AvgIpc) is 2.45. The van der Waals surface area contributed by atoms with Gasteiger partial charge in [-0.2, -0.15) is 0 Å². The molecule has 126 valence electrons. The van der Waals surface area contributed by atoms with Gasteiger partial charge in [0.2, 0.25) is 0 Å². The second-order valence-electron chi connectivity index (χ2n) is 6.95. The Morgan fingerprint density at radius 1 is 0.762 bits per heavy atom. The number of allylic oxidation sites excluding steroid dienone is 1. The minimum Gasteiger partial charge on any atom is -0.393 e. The molecular formula is C20H40O. The van der Waals surface area contributed by atoms with E-state index >= 15 is 0 Å². The molecule has 0 aromatic heterocycles. The molecule has 0 radical (unpaired) electrons. The molecule has 0 aliphatic carbocycles. The quantitative estimate of drug-likeness (QED) is 0.265. The van der Waals surface area contributed by atoms with Crippen molar-refractivity contribution in [1.82, 2.24) is 0 Å². The first-order valence-corrected chi connectivity index (χ1v) is 9.49. The lowest BCUT2D eigenvalue weighted by Gasteiger charge is -2.07. The third-order valence-corrected chi connectivity index (χ3v) is 4.12. The molecule has 0 spiro atoms. The van der Waals surface area contributed by atoms with Crippen molar-refractivity contribution in [3.05, 3.63) is 12.2 Å². The summed E-state index contributed by atoms with van der Waals surface area (Å²) in [7, 11) is 0. The Balaban J connectivity index is 3.24. The van der Waals surface area contributed by atoms with Crippen LogP contribution in [-0.2, 0) is 0 Å². The highest BCUT2D eigenvalue weighted by molar-refractivity contribution is 4.84. The highest BCUT2D eigenvalue weighted by atomic mass is 16.3. The predicted octanol–water partition coefficient (Wildman–Crippen LogP) is 6.65. The van der Waals surface area contributed by atoms with Crippen LogP contribution >= 0.6 is 0 Å². The van der Waals surface area contributed by atoms with E-state index in [1.807, 2.05) is 0 Å². The van der Waals surface area contributed by atoms with Crippen molar-refractivity contribution in [3.63, 3.8) is 0 Å². The monoisotopic (exact) mass is 296 g/mol. The minimum atomic E-state index is -0.117. The number of rotatable bonds is 15. The molecule has 0 saturated heterocycles. The van der Waals surface area contributed by atoms with Crippen LogP contribution in [0.2, 0.25) is 0 Å². The summed E-state index contributed by atoms with van der Waals surface area (Å²) >= 11 is 0. The zero-order valence-electron chi connectivity index (χ0n) is 14.9. The molecule has 0 aromatic rings. The summed E-state index contributed by atoms with van der Waals surface area (Å²) in [6.45, 7) is 6.84. The van der Waals surface area contributed by atoms with Crippen molar-refractivity contribution < 1.29 is 5.11 Å². The van der Waals surface area contributed by atoms with E-state index in [-0.39, 0.29) is 6.10 Å². The molecule has 0 bridgehead atoms. The van der Waals surface area contributed by atoms with Gasteiger partial charge in [-0.25, -0.2) is 0 Å². The smallest absolute Gasteiger partial charge is 0.0574 e. The highest BCUT2D eigenvalue weighted by Crippen LogP contribution is 2.12. The molecular weight excluding hydrogens is 256 g/mol. The van der Waals surface area contributed by atoms with Gasteiger partial charge in [0, 0.05) is 0 Å². The van der Waals surface area contributed by atoms with Crippen LogP contribution in [0.1, 0.15) is 104 Å². The maximum absolute atomic E-state index is 9.84. The summed E-state index contributed by atoms with van der Waals surface area (Å²) in [5.41, 5.74) is 0. The van der Waals surface area contributed by atoms with E-state index in [4.69, 9.17) is 0 Å². The molecule has 0 aliphatic heterocycles. The summed E-state index contributed by atoms with van der Waals surface area (Å²) in [6.07, 6.45) is 20.6. The fourth-order valence-electron chi connectivity index (χ4n) is 2.64. The van der Waals surface area contributed by atoms with Gasteiger partial charge in [0.25, 0.3) is 0 Å². The normalized spacial score (nSPS) is 13.4. The number of aliphatic hydroxyl groups excluding tert-OH is 1. The van der Waals surface area contributed by atoms with Crippen LogP contribution in [0.15, 0.2) is 12.2 Å². The first kappa shape index (κ1) is 20.7. The van der Waals surface area contributed by atoms with Gasteiger partial charge in [0.1, 0.15) is 0 Å². The molecule has 1 atom stereocenters. The molecule has 21 heavy (non-hydrogen) atoms. The topological polar surface area (TPSA) is 20.2 Å². The Kier molecular flexibility index (Phi) is 15.8. The van der Waals surface area contributed by atoms with E-state index in [1.165, 1.54) is 70.6 Å². The van der Waals surface area contributed by atoms with E-state index in [2.05, 4.69) is 32.9 Å². The van der Waals surface area contributed by atoms with Crippen molar-refractivity contribution >= 4 is 0 Å². The zero-order valence-corrected chi connectivity index (χ0v) is 14.9. The summed E-state index contributed by atoms with van der Waals surface area (Å²) in [4.78, 5) is 0. The van der Waals surface area contributed by atoms with Crippen LogP contribution in [0.5, 0.6) is 0 Å². The molecule has 0 amide bonds. The molecule has 0 heterocycles. The molecule has 1 N–H and O–H groups in total. The number of hydrogen-bond donors (Lipinski definition) is 1. The zero-order chi connectivity index (χ0) is 15.8. The Labute approximate surface area is 134 Å². The van der Waals surface area contributed by atoms with Crippen molar-refractivity contribution in [2.45, 2.75) is 110 Å². The molecule has 1 nitrogen and oxygen atoms in total. The lowest BCUT2D eigenvalue weighted by atomic mass is 10.0. The second kappa shape index (κ2) is 16.1. The first-order chi connectivity index (χ1) is 10.2. The van der Waals surface area contributed by atoms with Gasteiger partial charge in [-0.1, -0.05) is 90.7 Å². The summed E-state index contributed by atoms with van der Waals surface area (Å²) in [5.74, 6) is 0.862. The van der Waals surface area contributed by atoms with Gasteiger partial charge < -0.3 is 5.11 Å². The van der Waals surface area contributed by atoms with Gasteiger partial charge in [-0.05, 0) is 31.6 Å². The third-order valence-electron chi connectivity index (χ3n) is 4.12. The highest BCUT2D eigenvalue weighted by Gasteiger charge is 2.00. The Morgan fingerprint density at radius 3 is 2.10 bits per heavy atom. The van der Waals surface area contributed by atoms with Gasteiger partial charge in [0.15, 0.2) is 0 Å². The fourth-order valence-corrected chi connectivity index (χ4v) is 2.64. The van der Waals surface area contributed by atoms with Crippen LogP contribution in [-0.4, -0.2) is 11.2 Å². The first-order valence-electron chi connectivity index (χ1n) is 9.49. The molecule has 1 unspecified atom stereocenters. The summed E-state index contributed by atoms with van der Waals surface area (Å²) < 4.78 is 0. The van der Waals surface area contributed by atoms with E-state index in [0.717, 1.165) is 18.8 Å². The second-order valence-corrected chi connectivity index (χ2v) is 6.95. The van der Waals surface area contributed by atoms with Crippen molar-refractivity contribution in [3.8, 4) is 0 Å². The number of unbranched alkanes of at least 4 members (excludes halogenated alkanes) is 8. The summed E-state index contributed by atoms with van der Waals surface area (Å²) in [6, 6.07) is 0. The maximum Gasteiger partial charge on any atom is 0.0574 e. The largest absolute Gasteiger partial charge is 0.393 e. The van der Waals surface area contributed by atoms with E-state index < -0.39 is 0 Å². The maximum atomic E-state index is 9.84. The van der Waals surface area contributed by atoms with Gasteiger partial charge in [0.05, 0.1) is 6.10 Å². The molecule has 0 aliphatic rings. The van der Waals surface area contributed by atoms with Crippen molar-refractivity contribution in [2.24, 2.45) is 5.92 Å². The number of aliphatic hydroxyl groups is 1. The lowest BCUT2D eigenvalue weighted by molar-refractivity contribution is 0.163.